The van der Waals surface area contributed by atoms with Gasteiger partial charge in [-0.05, 0) is 50.9 Å². The van der Waals surface area contributed by atoms with Gasteiger partial charge in [0, 0.05) is 29.7 Å². The summed E-state index contributed by atoms with van der Waals surface area (Å²) in [6.07, 6.45) is 5.20. The van der Waals surface area contributed by atoms with Crippen molar-refractivity contribution in [2.24, 2.45) is 0 Å². The summed E-state index contributed by atoms with van der Waals surface area (Å²) in [5, 5.41) is 4.89. The van der Waals surface area contributed by atoms with Crippen molar-refractivity contribution in [3.05, 3.63) is 28.2 Å². The van der Waals surface area contributed by atoms with E-state index < -0.39 is 0 Å². The number of fused-ring (bicyclic) bond motifs is 2. The number of hydrogen-bond donors (Lipinski definition) is 1. The fourth-order valence-corrected chi connectivity index (χ4v) is 3.92. The van der Waals surface area contributed by atoms with Gasteiger partial charge in [0.05, 0.1) is 5.02 Å². The van der Waals surface area contributed by atoms with Crippen LogP contribution in [0.4, 0.5) is 0 Å². The lowest BCUT2D eigenvalue weighted by Gasteiger charge is -2.35. The molecule has 3 rings (SSSR count). The van der Waals surface area contributed by atoms with Gasteiger partial charge in [0.25, 0.3) is 0 Å². The lowest BCUT2D eigenvalue weighted by Crippen LogP contribution is -2.47. The van der Waals surface area contributed by atoms with Gasteiger partial charge in [0.15, 0.2) is 0 Å². The summed E-state index contributed by atoms with van der Waals surface area (Å²) in [6.45, 7) is 1.57. The third-order valence-corrected chi connectivity index (χ3v) is 5.20. The molecule has 1 aromatic carbocycles. The fourth-order valence-electron chi connectivity index (χ4n) is 3.46. The lowest BCUT2D eigenvalue weighted by molar-refractivity contribution is 0.147. The highest BCUT2D eigenvalue weighted by Gasteiger charge is 2.34. The number of benzene rings is 1. The van der Waals surface area contributed by atoms with Crippen LogP contribution in [0, 0.1) is 0 Å². The minimum Gasteiger partial charge on any atom is -0.491 e. The van der Waals surface area contributed by atoms with Crippen LogP contribution in [0.25, 0.3) is 0 Å². The minimum absolute atomic E-state index is 0. The smallest absolute Gasteiger partial charge is 0.138 e. The Labute approximate surface area is 148 Å². The van der Waals surface area contributed by atoms with E-state index in [1.807, 2.05) is 6.07 Å². The molecular formula is C16H23Cl3N2O. The van der Waals surface area contributed by atoms with E-state index in [0.29, 0.717) is 28.4 Å². The maximum Gasteiger partial charge on any atom is 0.138 e. The molecule has 0 aromatic heterocycles. The lowest BCUT2D eigenvalue weighted by atomic mass is 9.99. The van der Waals surface area contributed by atoms with Crippen LogP contribution in [0.15, 0.2) is 18.2 Å². The average Bonchev–Trinajstić information content (AvgIpc) is 2.79. The first-order valence-corrected chi connectivity index (χ1v) is 8.41. The molecule has 2 atom stereocenters. The van der Waals surface area contributed by atoms with Gasteiger partial charge >= 0.3 is 0 Å². The second-order valence-corrected chi connectivity index (χ2v) is 7.01. The van der Waals surface area contributed by atoms with Crippen LogP contribution in [0.2, 0.25) is 10.0 Å². The summed E-state index contributed by atoms with van der Waals surface area (Å²) in [5.41, 5.74) is 0. The number of ether oxygens (including phenoxy) is 1. The molecule has 0 radical (unpaired) electrons. The summed E-state index contributed by atoms with van der Waals surface area (Å²) in [7, 11) is 2.20. The molecule has 2 saturated heterocycles. The van der Waals surface area contributed by atoms with E-state index in [-0.39, 0.29) is 12.4 Å². The van der Waals surface area contributed by atoms with E-state index in [1.54, 1.807) is 12.1 Å². The molecule has 2 fully saturated rings. The maximum absolute atomic E-state index is 6.11. The number of piperidine rings is 1. The van der Waals surface area contributed by atoms with Crippen LogP contribution in [0.1, 0.15) is 25.7 Å². The molecule has 0 amide bonds. The van der Waals surface area contributed by atoms with Gasteiger partial charge in [-0.3, -0.25) is 4.90 Å². The van der Waals surface area contributed by atoms with Crippen LogP contribution in [-0.4, -0.2) is 43.2 Å². The second kappa shape index (κ2) is 8.07. The molecule has 1 N–H and O–H groups in total. The summed E-state index contributed by atoms with van der Waals surface area (Å²) < 4.78 is 5.77. The molecule has 2 aliphatic rings. The predicted molar refractivity (Wildman–Crippen MR) is 94.8 cm³/mol. The topological polar surface area (TPSA) is 24.5 Å². The quantitative estimate of drug-likeness (QED) is 0.853. The van der Waals surface area contributed by atoms with Crippen LogP contribution in [0.5, 0.6) is 5.75 Å². The Morgan fingerprint density at radius 1 is 1.23 bits per heavy atom. The van der Waals surface area contributed by atoms with Gasteiger partial charge in [-0.1, -0.05) is 23.2 Å². The van der Waals surface area contributed by atoms with E-state index >= 15 is 0 Å². The number of hydrogen-bond acceptors (Lipinski definition) is 3. The fraction of sp³-hybridized carbons (Fsp3) is 0.625. The monoisotopic (exact) mass is 364 g/mol. The van der Waals surface area contributed by atoms with Crippen LogP contribution < -0.4 is 10.1 Å². The molecular weight excluding hydrogens is 343 g/mol. The first-order valence-electron chi connectivity index (χ1n) is 7.66. The summed E-state index contributed by atoms with van der Waals surface area (Å²) >= 11 is 12.0. The van der Waals surface area contributed by atoms with Crippen LogP contribution >= 0.6 is 35.6 Å². The molecule has 0 saturated carbocycles. The average molecular weight is 366 g/mol. The molecule has 2 bridgehead atoms. The number of rotatable bonds is 5. The molecule has 6 heteroatoms. The number of halogens is 3. The molecule has 0 aliphatic carbocycles. The van der Waals surface area contributed by atoms with Crippen molar-refractivity contribution in [1.29, 1.82) is 0 Å². The Morgan fingerprint density at radius 2 is 1.91 bits per heavy atom. The zero-order valence-corrected chi connectivity index (χ0v) is 15.1. The second-order valence-electron chi connectivity index (χ2n) is 6.17. The Hall–Kier alpha value is -0.190. The molecule has 2 heterocycles. The van der Waals surface area contributed by atoms with Gasteiger partial charge in [0.2, 0.25) is 0 Å². The van der Waals surface area contributed by atoms with Crippen molar-refractivity contribution in [3.8, 4) is 5.75 Å². The van der Waals surface area contributed by atoms with Crippen molar-refractivity contribution in [2.75, 3.05) is 20.2 Å². The maximum atomic E-state index is 6.11. The highest BCUT2D eigenvalue weighted by molar-refractivity contribution is 6.35. The molecule has 1 aromatic rings. The molecule has 22 heavy (non-hydrogen) atoms. The van der Waals surface area contributed by atoms with Gasteiger partial charge in [-0.25, -0.2) is 0 Å². The zero-order valence-electron chi connectivity index (χ0n) is 12.7. The van der Waals surface area contributed by atoms with Crippen LogP contribution in [0.3, 0.4) is 0 Å². The van der Waals surface area contributed by atoms with E-state index in [9.17, 15) is 0 Å². The Morgan fingerprint density at radius 3 is 2.55 bits per heavy atom. The van der Waals surface area contributed by atoms with Crippen molar-refractivity contribution in [1.82, 2.24) is 10.2 Å². The Balaban J connectivity index is 0.00000176. The zero-order chi connectivity index (χ0) is 14.8. The molecule has 2 unspecified atom stereocenters. The molecule has 124 valence electrons. The first-order chi connectivity index (χ1) is 10.1. The van der Waals surface area contributed by atoms with E-state index in [0.717, 1.165) is 18.6 Å². The SMILES string of the molecule is CN(CCOc1ccc(Cl)cc1Cl)C1CC2CCC(C1)N2.Cl. The third kappa shape index (κ3) is 4.42. The molecule has 2 aliphatic heterocycles. The number of likely N-dealkylation sites (N-methyl/N-ethyl adjacent to an activating group) is 1. The van der Waals surface area contributed by atoms with Crippen molar-refractivity contribution in [3.63, 3.8) is 0 Å². The van der Waals surface area contributed by atoms with Gasteiger partial charge in [-0.2, -0.15) is 0 Å². The summed E-state index contributed by atoms with van der Waals surface area (Å²) in [6, 6.07) is 7.47. The summed E-state index contributed by atoms with van der Waals surface area (Å²) in [5.74, 6) is 0.708. The number of nitrogens with one attached hydrogen (secondary N) is 1. The van der Waals surface area contributed by atoms with E-state index in [1.165, 1.54) is 25.7 Å². The van der Waals surface area contributed by atoms with Gasteiger partial charge < -0.3 is 10.1 Å². The summed E-state index contributed by atoms with van der Waals surface area (Å²) in [4.78, 5) is 2.43. The normalized spacial score (nSPS) is 26.8. The Kier molecular flexibility index (Phi) is 6.66. The first kappa shape index (κ1) is 18.2. The number of nitrogens with zero attached hydrogens (tertiary/aromatic N) is 1. The minimum atomic E-state index is 0. The van der Waals surface area contributed by atoms with E-state index in [2.05, 4.69) is 17.3 Å². The Bertz CT molecular complexity index is 488. The van der Waals surface area contributed by atoms with Gasteiger partial charge in [0.1, 0.15) is 12.4 Å². The van der Waals surface area contributed by atoms with E-state index in [4.69, 9.17) is 27.9 Å². The predicted octanol–water partition coefficient (Wildman–Crippen LogP) is 4.01. The highest BCUT2D eigenvalue weighted by Crippen LogP contribution is 2.30. The molecule has 3 nitrogen and oxygen atoms in total. The largest absolute Gasteiger partial charge is 0.491 e. The van der Waals surface area contributed by atoms with Crippen molar-refractivity contribution in [2.45, 2.75) is 43.8 Å². The van der Waals surface area contributed by atoms with Crippen molar-refractivity contribution < 1.29 is 4.74 Å². The van der Waals surface area contributed by atoms with Crippen molar-refractivity contribution >= 4 is 35.6 Å². The van der Waals surface area contributed by atoms with Crippen LogP contribution in [-0.2, 0) is 0 Å². The van der Waals surface area contributed by atoms with Gasteiger partial charge in [-0.15, -0.1) is 12.4 Å². The third-order valence-electron chi connectivity index (χ3n) is 4.67. The standard InChI is InChI=1S/C16H22Cl2N2O.ClH/c1-20(14-9-12-3-4-13(10-14)19-12)6-7-21-16-5-2-11(17)8-15(16)18;/h2,5,8,12-14,19H,3-4,6-7,9-10H2,1H3;1H. The molecule has 0 spiro atoms. The highest BCUT2D eigenvalue weighted by atomic mass is 35.5.